The molecule has 9 heteroatoms. The smallest absolute Gasteiger partial charge is 0.334 e. The zero-order chi connectivity index (χ0) is 26.9. The second kappa shape index (κ2) is 9.90. The number of urea groups is 1. The summed E-state index contributed by atoms with van der Waals surface area (Å²) in [5, 5.41) is 15.7. The van der Waals surface area contributed by atoms with Crippen LogP contribution in [0.4, 0.5) is 21.9 Å². The predicted molar refractivity (Wildman–Crippen MR) is 146 cm³/mol. The van der Waals surface area contributed by atoms with Gasteiger partial charge in [0.2, 0.25) is 0 Å². The van der Waals surface area contributed by atoms with E-state index in [4.69, 9.17) is 10.00 Å². The second-order valence-electron chi connectivity index (χ2n) is 10.1. The fourth-order valence-electron chi connectivity index (χ4n) is 4.80. The van der Waals surface area contributed by atoms with E-state index >= 15 is 0 Å². The number of amides is 2. The first-order valence-electron chi connectivity index (χ1n) is 12.3. The van der Waals surface area contributed by atoms with Gasteiger partial charge in [0.1, 0.15) is 11.2 Å². The Hall–Kier alpha value is -4.84. The maximum atomic E-state index is 13.6. The number of H-pyrrole nitrogens is 1. The molecule has 4 aromatic rings. The number of hydrogen-bond acceptors (Lipinski definition) is 6. The van der Waals surface area contributed by atoms with Gasteiger partial charge in [-0.25, -0.2) is 14.6 Å². The zero-order valence-electron chi connectivity index (χ0n) is 21.4. The van der Waals surface area contributed by atoms with Crippen LogP contribution in [0.5, 0.6) is 0 Å². The number of pyridine rings is 1. The zero-order valence-corrected chi connectivity index (χ0v) is 21.4. The number of ether oxygens (including phenoxy) is 1. The molecule has 2 aromatic heterocycles. The summed E-state index contributed by atoms with van der Waals surface area (Å²) < 4.78 is 5.87. The van der Waals surface area contributed by atoms with Gasteiger partial charge in [-0.1, -0.05) is 12.1 Å². The Kier molecular flexibility index (Phi) is 6.47. The third kappa shape index (κ3) is 5.02. The van der Waals surface area contributed by atoms with Crippen molar-refractivity contribution in [3.63, 3.8) is 0 Å². The molecule has 192 valence electrons. The predicted octanol–water partition coefficient (Wildman–Crippen LogP) is 5.52. The lowest BCUT2D eigenvalue weighted by molar-refractivity contribution is -0.156. The lowest BCUT2D eigenvalue weighted by Gasteiger charge is -2.32. The topological polar surface area (TPSA) is 123 Å². The maximum Gasteiger partial charge on any atom is 0.334 e. The Morgan fingerprint density at radius 1 is 1.13 bits per heavy atom. The van der Waals surface area contributed by atoms with Gasteiger partial charge in [0, 0.05) is 47.0 Å². The van der Waals surface area contributed by atoms with Gasteiger partial charge in [0.25, 0.3) is 0 Å². The SMILES string of the molecule is CC(C)(C)OC(=O)C(c1ccnc2[nH]ccc12)N1CCc2c(NC(=O)Nc3cccc(C#N)c3)cccc21. The van der Waals surface area contributed by atoms with Crippen LogP contribution in [0.2, 0.25) is 0 Å². The van der Waals surface area contributed by atoms with Gasteiger partial charge < -0.3 is 25.3 Å². The number of aromatic amines is 1. The van der Waals surface area contributed by atoms with Crippen molar-refractivity contribution in [1.82, 2.24) is 9.97 Å². The minimum Gasteiger partial charge on any atom is -0.458 e. The Labute approximate surface area is 220 Å². The van der Waals surface area contributed by atoms with Crippen LogP contribution in [0, 0.1) is 11.3 Å². The van der Waals surface area contributed by atoms with Crippen molar-refractivity contribution in [2.45, 2.75) is 38.8 Å². The number of nitrogens with one attached hydrogen (secondary N) is 3. The van der Waals surface area contributed by atoms with Gasteiger partial charge in [-0.05, 0) is 75.2 Å². The van der Waals surface area contributed by atoms with E-state index in [1.165, 1.54) is 0 Å². The van der Waals surface area contributed by atoms with Gasteiger partial charge in [-0.15, -0.1) is 0 Å². The van der Waals surface area contributed by atoms with E-state index in [1.54, 1.807) is 36.7 Å². The van der Waals surface area contributed by atoms with E-state index in [0.717, 1.165) is 22.2 Å². The molecule has 38 heavy (non-hydrogen) atoms. The summed E-state index contributed by atoms with van der Waals surface area (Å²) in [5.74, 6) is -0.354. The molecule has 0 bridgehead atoms. The number of hydrogen-bond donors (Lipinski definition) is 3. The van der Waals surface area contributed by atoms with Crippen LogP contribution in [-0.4, -0.2) is 34.1 Å². The Morgan fingerprint density at radius 3 is 2.74 bits per heavy atom. The molecule has 0 aliphatic carbocycles. The van der Waals surface area contributed by atoms with Crippen molar-refractivity contribution >= 4 is 40.1 Å². The van der Waals surface area contributed by atoms with Crippen LogP contribution in [-0.2, 0) is 16.0 Å². The quantitative estimate of drug-likeness (QED) is 0.305. The molecular formula is C29H28N6O3. The molecular weight excluding hydrogens is 480 g/mol. The highest BCUT2D eigenvalue weighted by Crippen LogP contribution is 2.41. The molecule has 0 saturated carbocycles. The standard InChI is InChI=1S/C29H28N6O3/c1-29(2,3)38-27(36)25(20-10-13-31-26-21(20)11-14-32-26)35-15-12-22-23(8-5-9-24(22)35)34-28(37)33-19-7-4-6-18(16-19)17-30/h4-11,13-14,16,25H,12,15H2,1-3H3,(H,31,32)(H2,33,34,37). The summed E-state index contributed by atoms with van der Waals surface area (Å²) in [6.45, 7) is 6.12. The first-order chi connectivity index (χ1) is 18.2. The van der Waals surface area contributed by atoms with E-state index in [9.17, 15) is 9.59 Å². The molecule has 5 rings (SSSR count). The van der Waals surface area contributed by atoms with Crippen molar-refractivity contribution in [2.75, 3.05) is 22.1 Å². The van der Waals surface area contributed by atoms with Crippen molar-refractivity contribution in [3.8, 4) is 6.07 Å². The molecule has 3 N–H and O–H groups in total. The molecule has 2 aromatic carbocycles. The maximum absolute atomic E-state index is 13.6. The molecule has 9 nitrogen and oxygen atoms in total. The fraction of sp³-hybridized carbons (Fsp3) is 0.241. The Balaban J connectivity index is 1.46. The number of esters is 1. The van der Waals surface area contributed by atoms with Gasteiger partial charge in [-0.2, -0.15) is 5.26 Å². The average molecular weight is 509 g/mol. The normalized spacial score (nSPS) is 13.5. The van der Waals surface area contributed by atoms with E-state index in [0.29, 0.717) is 35.6 Å². The molecule has 0 saturated heterocycles. The highest BCUT2D eigenvalue weighted by molar-refractivity contribution is 6.01. The highest BCUT2D eigenvalue weighted by atomic mass is 16.6. The van der Waals surface area contributed by atoms with Gasteiger partial charge in [0.15, 0.2) is 6.04 Å². The Morgan fingerprint density at radius 2 is 1.95 bits per heavy atom. The molecule has 1 aliphatic heterocycles. The molecule has 0 radical (unpaired) electrons. The van der Waals surface area contributed by atoms with Crippen LogP contribution in [0.3, 0.4) is 0 Å². The monoisotopic (exact) mass is 508 g/mol. The number of rotatable bonds is 5. The third-order valence-electron chi connectivity index (χ3n) is 6.29. The van der Waals surface area contributed by atoms with Crippen LogP contribution >= 0.6 is 0 Å². The van der Waals surface area contributed by atoms with Gasteiger partial charge >= 0.3 is 12.0 Å². The number of carbonyl (C=O) groups excluding carboxylic acids is 2. The summed E-state index contributed by atoms with van der Waals surface area (Å²) in [4.78, 5) is 36.0. The summed E-state index contributed by atoms with van der Waals surface area (Å²) in [6.07, 6.45) is 4.13. The van der Waals surface area contributed by atoms with Gasteiger partial charge in [0.05, 0.1) is 11.6 Å². The van der Waals surface area contributed by atoms with Crippen molar-refractivity contribution in [2.24, 2.45) is 0 Å². The molecule has 3 heterocycles. The second-order valence-corrected chi connectivity index (χ2v) is 10.1. The van der Waals surface area contributed by atoms with E-state index in [-0.39, 0.29) is 5.97 Å². The van der Waals surface area contributed by atoms with Crippen LogP contribution in [0.25, 0.3) is 11.0 Å². The fourth-order valence-corrected chi connectivity index (χ4v) is 4.80. The molecule has 1 aliphatic rings. The third-order valence-corrected chi connectivity index (χ3v) is 6.29. The summed E-state index contributed by atoms with van der Waals surface area (Å²) >= 11 is 0. The van der Waals surface area contributed by atoms with Crippen LogP contribution < -0.4 is 15.5 Å². The first kappa shape index (κ1) is 24.8. The van der Waals surface area contributed by atoms with Crippen molar-refractivity contribution in [1.29, 1.82) is 5.26 Å². The number of nitrogens with zero attached hydrogens (tertiary/aromatic N) is 3. The molecule has 1 atom stereocenters. The van der Waals surface area contributed by atoms with E-state index in [2.05, 4.69) is 26.7 Å². The van der Waals surface area contributed by atoms with E-state index < -0.39 is 17.7 Å². The molecule has 1 unspecified atom stereocenters. The molecule has 2 amide bonds. The van der Waals surface area contributed by atoms with Crippen molar-refractivity contribution < 1.29 is 14.3 Å². The lowest BCUT2D eigenvalue weighted by Crippen LogP contribution is -2.37. The first-order valence-corrected chi connectivity index (χ1v) is 12.3. The van der Waals surface area contributed by atoms with E-state index in [1.807, 2.05) is 56.0 Å². The minimum absolute atomic E-state index is 0.354. The Bertz CT molecular complexity index is 1560. The van der Waals surface area contributed by atoms with Crippen LogP contribution in [0.15, 0.2) is 67.0 Å². The number of carbonyl (C=O) groups is 2. The van der Waals surface area contributed by atoms with Gasteiger partial charge in [-0.3, -0.25) is 0 Å². The molecule has 0 spiro atoms. The average Bonchev–Trinajstić information content (AvgIpc) is 3.52. The summed E-state index contributed by atoms with van der Waals surface area (Å²) in [6, 6.07) is 17.1. The number of anilines is 3. The number of fused-ring (bicyclic) bond motifs is 2. The number of benzene rings is 2. The lowest BCUT2D eigenvalue weighted by atomic mass is 10.0. The summed E-state index contributed by atoms with van der Waals surface area (Å²) in [5.41, 5.74) is 4.26. The largest absolute Gasteiger partial charge is 0.458 e. The number of aromatic nitrogens is 2. The minimum atomic E-state index is -0.699. The number of nitriles is 1. The van der Waals surface area contributed by atoms with Crippen molar-refractivity contribution in [3.05, 3.63) is 83.7 Å². The highest BCUT2D eigenvalue weighted by Gasteiger charge is 2.37. The summed E-state index contributed by atoms with van der Waals surface area (Å²) in [7, 11) is 0. The molecule has 0 fully saturated rings. The van der Waals surface area contributed by atoms with Crippen LogP contribution in [0.1, 0.15) is 43.5 Å².